The van der Waals surface area contributed by atoms with Gasteiger partial charge in [0.1, 0.15) is 5.75 Å². The quantitative estimate of drug-likeness (QED) is 0.617. The second-order valence-electron chi connectivity index (χ2n) is 7.49. The number of sulfonamides is 1. The van der Waals surface area contributed by atoms with Crippen LogP contribution in [0.25, 0.3) is 0 Å². The highest BCUT2D eigenvalue weighted by atomic mass is 32.2. The largest absolute Gasteiger partial charge is 0.497 e. The summed E-state index contributed by atoms with van der Waals surface area (Å²) in [5, 5.41) is 2.19. The zero-order valence-corrected chi connectivity index (χ0v) is 19.0. The average Bonchev–Trinajstić information content (AvgIpc) is 3.29. The molecule has 0 heterocycles. The lowest BCUT2D eigenvalue weighted by atomic mass is 10.3. The Bertz CT molecular complexity index is 1140. The number of hydrogen-bond acceptors (Lipinski definition) is 6. The van der Waals surface area contributed by atoms with Gasteiger partial charge in [-0.15, -0.1) is 0 Å². The van der Waals surface area contributed by atoms with Gasteiger partial charge in [0, 0.05) is 5.69 Å². The van der Waals surface area contributed by atoms with Gasteiger partial charge in [0.15, 0.2) is 9.84 Å². The molecule has 1 aliphatic carbocycles. The first-order valence-corrected chi connectivity index (χ1v) is 13.0. The number of amides is 1. The molecular weight excluding hydrogens is 440 g/mol. The van der Waals surface area contributed by atoms with Gasteiger partial charge in [-0.05, 0) is 62.2 Å². The molecule has 0 aromatic heterocycles. The number of hydrogen-bond donors (Lipinski definition) is 2. The molecule has 10 heteroatoms. The molecule has 1 atom stereocenters. The molecule has 1 aliphatic rings. The zero-order chi connectivity index (χ0) is 22.6. The molecule has 0 spiro atoms. The van der Waals surface area contributed by atoms with Crippen molar-refractivity contribution in [2.45, 2.75) is 53.7 Å². The van der Waals surface area contributed by atoms with E-state index in [-0.39, 0.29) is 9.79 Å². The number of rotatable bonds is 8. The average molecular weight is 467 g/mol. The molecule has 8 nitrogen and oxygen atoms in total. The van der Waals surface area contributed by atoms with Gasteiger partial charge >= 0.3 is 0 Å². The van der Waals surface area contributed by atoms with Crippen LogP contribution in [0.4, 0.5) is 5.69 Å². The SMILES string of the molecule is COc1ccc(S(=O)(=O)N[C@@H](C)C(=O)Nc2cccc(S(=O)(=O)C3CCCC3)c2)cc1. The number of benzene rings is 2. The highest BCUT2D eigenvalue weighted by Gasteiger charge is 2.30. The molecule has 1 saturated carbocycles. The summed E-state index contributed by atoms with van der Waals surface area (Å²) in [6, 6.07) is 10.7. The number of nitrogens with one attached hydrogen (secondary N) is 2. The standard InChI is InChI=1S/C21H26N2O6S2/c1-15(23-31(27,28)19-12-10-17(29-2)11-13-19)21(24)22-16-6-5-9-20(14-16)30(25,26)18-7-3-4-8-18/h5-6,9-15,18,23H,3-4,7-8H2,1-2H3,(H,22,24)/t15-/m0/s1. The van der Waals surface area contributed by atoms with Gasteiger partial charge in [0.2, 0.25) is 15.9 Å². The molecule has 0 aliphatic heterocycles. The predicted molar refractivity (Wildman–Crippen MR) is 117 cm³/mol. The Morgan fingerprint density at radius 2 is 1.65 bits per heavy atom. The van der Waals surface area contributed by atoms with Crippen molar-refractivity contribution in [1.82, 2.24) is 4.72 Å². The van der Waals surface area contributed by atoms with Gasteiger partial charge in [-0.1, -0.05) is 18.9 Å². The fourth-order valence-electron chi connectivity index (χ4n) is 3.50. The Kier molecular flexibility index (Phi) is 7.03. The molecule has 2 aromatic carbocycles. The van der Waals surface area contributed by atoms with E-state index in [2.05, 4.69) is 10.0 Å². The number of ether oxygens (including phenoxy) is 1. The van der Waals surface area contributed by atoms with Crippen LogP contribution in [0.15, 0.2) is 58.3 Å². The second-order valence-corrected chi connectivity index (χ2v) is 11.4. The Balaban J connectivity index is 1.69. The maximum absolute atomic E-state index is 12.8. The van der Waals surface area contributed by atoms with Crippen molar-refractivity contribution in [1.29, 1.82) is 0 Å². The first-order valence-electron chi connectivity index (χ1n) is 9.95. The van der Waals surface area contributed by atoms with Gasteiger partial charge in [0.25, 0.3) is 0 Å². The zero-order valence-electron chi connectivity index (χ0n) is 17.4. The van der Waals surface area contributed by atoms with Crippen molar-refractivity contribution in [3.05, 3.63) is 48.5 Å². The minimum Gasteiger partial charge on any atom is -0.497 e. The van der Waals surface area contributed by atoms with Crippen LogP contribution in [-0.2, 0) is 24.7 Å². The van der Waals surface area contributed by atoms with E-state index in [9.17, 15) is 21.6 Å². The molecule has 1 amide bonds. The second kappa shape index (κ2) is 9.37. The van der Waals surface area contributed by atoms with E-state index in [1.54, 1.807) is 12.1 Å². The molecule has 3 rings (SSSR count). The van der Waals surface area contributed by atoms with Crippen LogP contribution < -0.4 is 14.8 Å². The maximum atomic E-state index is 12.8. The minimum absolute atomic E-state index is 0.00222. The molecule has 2 aromatic rings. The highest BCUT2D eigenvalue weighted by molar-refractivity contribution is 7.92. The van der Waals surface area contributed by atoms with Crippen LogP contribution in [0, 0.1) is 0 Å². The Morgan fingerprint density at radius 1 is 1.00 bits per heavy atom. The third-order valence-corrected chi connectivity index (χ3v) is 9.08. The van der Waals surface area contributed by atoms with E-state index in [0.717, 1.165) is 12.8 Å². The Morgan fingerprint density at radius 3 is 2.26 bits per heavy atom. The van der Waals surface area contributed by atoms with Crippen LogP contribution in [-0.4, -0.2) is 41.1 Å². The monoisotopic (exact) mass is 466 g/mol. The molecule has 168 valence electrons. The molecular formula is C21H26N2O6S2. The van der Waals surface area contributed by atoms with Crippen LogP contribution in [0.3, 0.4) is 0 Å². The summed E-state index contributed by atoms with van der Waals surface area (Å²) in [5.41, 5.74) is 0.291. The molecule has 0 saturated heterocycles. The van der Waals surface area contributed by atoms with Crippen molar-refractivity contribution in [2.75, 3.05) is 12.4 Å². The van der Waals surface area contributed by atoms with E-state index in [1.165, 1.54) is 50.4 Å². The molecule has 0 unspecified atom stereocenters. The third kappa shape index (κ3) is 5.44. The van der Waals surface area contributed by atoms with Crippen molar-refractivity contribution in [3.63, 3.8) is 0 Å². The predicted octanol–water partition coefficient (Wildman–Crippen LogP) is 2.72. The van der Waals surface area contributed by atoms with Crippen LogP contribution in [0.1, 0.15) is 32.6 Å². The number of sulfone groups is 1. The summed E-state index contributed by atoms with van der Waals surface area (Å²) >= 11 is 0. The van der Waals surface area contributed by atoms with Crippen molar-refractivity contribution >= 4 is 31.5 Å². The Hall–Kier alpha value is -2.43. The van der Waals surface area contributed by atoms with Gasteiger partial charge in [0.05, 0.1) is 28.2 Å². The Labute approximate surface area is 183 Å². The summed E-state index contributed by atoms with van der Waals surface area (Å²) in [6.45, 7) is 1.41. The molecule has 0 radical (unpaired) electrons. The number of carbonyl (C=O) groups excluding carboxylic acids is 1. The molecule has 31 heavy (non-hydrogen) atoms. The van der Waals surface area contributed by atoms with E-state index < -0.39 is 37.1 Å². The number of methoxy groups -OCH3 is 1. The first-order chi connectivity index (χ1) is 14.6. The topological polar surface area (TPSA) is 119 Å². The van der Waals surface area contributed by atoms with Crippen molar-refractivity contribution in [3.8, 4) is 5.75 Å². The van der Waals surface area contributed by atoms with Gasteiger partial charge in [-0.2, -0.15) is 4.72 Å². The summed E-state index contributed by atoms with van der Waals surface area (Å²) in [7, 11) is -5.91. The highest BCUT2D eigenvalue weighted by Crippen LogP contribution is 2.30. The van der Waals surface area contributed by atoms with Crippen molar-refractivity contribution < 1.29 is 26.4 Å². The van der Waals surface area contributed by atoms with Crippen LogP contribution in [0.5, 0.6) is 5.75 Å². The lowest BCUT2D eigenvalue weighted by molar-refractivity contribution is -0.117. The van der Waals surface area contributed by atoms with E-state index in [0.29, 0.717) is 24.3 Å². The number of carbonyl (C=O) groups is 1. The summed E-state index contributed by atoms with van der Waals surface area (Å²) in [6.07, 6.45) is 3.07. The molecule has 0 bridgehead atoms. The lowest BCUT2D eigenvalue weighted by Crippen LogP contribution is -2.41. The summed E-state index contributed by atoms with van der Waals surface area (Å²) in [5.74, 6) is -0.0929. The first kappa shape index (κ1) is 23.2. The maximum Gasteiger partial charge on any atom is 0.242 e. The lowest BCUT2D eigenvalue weighted by Gasteiger charge is -2.16. The van der Waals surface area contributed by atoms with E-state index >= 15 is 0 Å². The van der Waals surface area contributed by atoms with E-state index in [1.807, 2.05) is 0 Å². The summed E-state index contributed by atoms with van der Waals surface area (Å²) in [4.78, 5) is 12.7. The fraction of sp³-hybridized carbons (Fsp3) is 0.381. The van der Waals surface area contributed by atoms with Crippen LogP contribution in [0.2, 0.25) is 0 Å². The summed E-state index contributed by atoms with van der Waals surface area (Å²) < 4.78 is 57.9. The smallest absolute Gasteiger partial charge is 0.242 e. The van der Waals surface area contributed by atoms with Crippen LogP contribution >= 0.6 is 0 Å². The number of anilines is 1. The van der Waals surface area contributed by atoms with Gasteiger partial charge in [-0.3, -0.25) is 4.79 Å². The molecule has 1 fully saturated rings. The van der Waals surface area contributed by atoms with E-state index in [4.69, 9.17) is 4.74 Å². The third-order valence-electron chi connectivity index (χ3n) is 5.27. The van der Waals surface area contributed by atoms with Crippen molar-refractivity contribution in [2.24, 2.45) is 0 Å². The van der Waals surface area contributed by atoms with Gasteiger partial charge < -0.3 is 10.1 Å². The normalized spacial score (nSPS) is 16.1. The minimum atomic E-state index is -3.93. The van der Waals surface area contributed by atoms with Gasteiger partial charge in [-0.25, -0.2) is 16.8 Å². The molecule has 2 N–H and O–H groups in total. The fourth-order valence-corrected chi connectivity index (χ4v) is 6.60.